The third-order valence-corrected chi connectivity index (χ3v) is 3.87. The first-order valence-electron chi connectivity index (χ1n) is 5.18. The van der Waals surface area contributed by atoms with Crippen LogP contribution in [0.1, 0.15) is 10.4 Å². The standard InChI is InChI=1S/C13H12O2S/c1-8-5-9-7-15-12-6-10(14-2)3-4-11(12)13(9)16-8/h3-6H,7H2,1-2H3. The molecule has 82 valence electrons. The number of fused-ring (bicyclic) bond motifs is 3. The molecule has 0 fully saturated rings. The Hall–Kier alpha value is -1.48. The van der Waals surface area contributed by atoms with Crippen LogP contribution in [0.2, 0.25) is 0 Å². The first-order chi connectivity index (χ1) is 7.78. The number of hydrogen-bond acceptors (Lipinski definition) is 3. The van der Waals surface area contributed by atoms with E-state index in [1.807, 2.05) is 23.5 Å². The molecule has 1 aliphatic heterocycles. The molecule has 0 amide bonds. The number of methoxy groups -OCH3 is 1. The summed E-state index contributed by atoms with van der Waals surface area (Å²) < 4.78 is 10.9. The van der Waals surface area contributed by atoms with Gasteiger partial charge in [0, 0.05) is 26.9 Å². The molecule has 1 aromatic carbocycles. The van der Waals surface area contributed by atoms with Crippen LogP contribution in [0.25, 0.3) is 10.4 Å². The number of hydrogen-bond donors (Lipinski definition) is 0. The second kappa shape index (κ2) is 3.52. The van der Waals surface area contributed by atoms with E-state index in [1.165, 1.54) is 20.9 Å². The summed E-state index contributed by atoms with van der Waals surface area (Å²) in [6.45, 7) is 2.80. The molecule has 2 aromatic rings. The van der Waals surface area contributed by atoms with Gasteiger partial charge in [-0.05, 0) is 25.1 Å². The Morgan fingerprint density at radius 2 is 2.19 bits per heavy atom. The predicted octanol–water partition coefficient (Wildman–Crippen LogP) is 3.62. The van der Waals surface area contributed by atoms with Gasteiger partial charge in [-0.25, -0.2) is 0 Å². The Kier molecular flexibility index (Phi) is 2.14. The van der Waals surface area contributed by atoms with Crippen LogP contribution in [0.15, 0.2) is 24.3 Å². The molecule has 0 aliphatic carbocycles. The smallest absolute Gasteiger partial charge is 0.132 e. The molecule has 0 spiro atoms. The largest absolute Gasteiger partial charge is 0.497 e. The minimum Gasteiger partial charge on any atom is -0.497 e. The average molecular weight is 232 g/mol. The van der Waals surface area contributed by atoms with Gasteiger partial charge >= 0.3 is 0 Å². The SMILES string of the molecule is COc1ccc2c(c1)OCc1cc(C)sc1-2. The molecule has 0 unspecified atom stereocenters. The van der Waals surface area contributed by atoms with Gasteiger partial charge in [0.2, 0.25) is 0 Å². The maximum atomic E-state index is 5.73. The van der Waals surface area contributed by atoms with Crippen LogP contribution >= 0.6 is 11.3 Å². The van der Waals surface area contributed by atoms with Crippen molar-refractivity contribution < 1.29 is 9.47 Å². The summed E-state index contributed by atoms with van der Waals surface area (Å²) in [5, 5.41) is 0. The second-order valence-corrected chi connectivity index (χ2v) is 5.12. The lowest BCUT2D eigenvalue weighted by Crippen LogP contribution is -2.02. The first kappa shape index (κ1) is 9.73. The average Bonchev–Trinajstić information content (AvgIpc) is 2.69. The van der Waals surface area contributed by atoms with Gasteiger partial charge < -0.3 is 9.47 Å². The van der Waals surface area contributed by atoms with Gasteiger partial charge in [0.15, 0.2) is 0 Å². The van der Waals surface area contributed by atoms with E-state index in [-0.39, 0.29) is 0 Å². The molecule has 0 radical (unpaired) electrons. The third-order valence-electron chi connectivity index (χ3n) is 2.75. The first-order valence-corrected chi connectivity index (χ1v) is 6.00. The van der Waals surface area contributed by atoms with Crippen molar-refractivity contribution in [2.45, 2.75) is 13.5 Å². The normalized spacial score (nSPS) is 12.6. The van der Waals surface area contributed by atoms with Crippen LogP contribution in [0, 0.1) is 6.92 Å². The van der Waals surface area contributed by atoms with E-state index in [9.17, 15) is 0 Å². The van der Waals surface area contributed by atoms with Crippen molar-refractivity contribution in [3.8, 4) is 21.9 Å². The number of rotatable bonds is 1. The van der Waals surface area contributed by atoms with Crippen molar-refractivity contribution in [3.63, 3.8) is 0 Å². The van der Waals surface area contributed by atoms with Crippen LogP contribution in [-0.4, -0.2) is 7.11 Å². The lowest BCUT2D eigenvalue weighted by molar-refractivity contribution is 0.300. The third kappa shape index (κ3) is 1.39. The van der Waals surface area contributed by atoms with Gasteiger partial charge in [0.25, 0.3) is 0 Å². The Morgan fingerprint density at radius 3 is 3.00 bits per heavy atom. The van der Waals surface area contributed by atoms with E-state index in [0.29, 0.717) is 6.61 Å². The van der Waals surface area contributed by atoms with Gasteiger partial charge in [0.05, 0.1) is 7.11 Å². The van der Waals surface area contributed by atoms with Crippen LogP contribution in [0.5, 0.6) is 11.5 Å². The predicted molar refractivity (Wildman–Crippen MR) is 65.4 cm³/mol. The Balaban J connectivity index is 2.17. The lowest BCUT2D eigenvalue weighted by Gasteiger charge is -2.18. The Labute approximate surface area is 98.4 Å². The van der Waals surface area contributed by atoms with Crippen molar-refractivity contribution >= 4 is 11.3 Å². The molecule has 0 bridgehead atoms. The van der Waals surface area contributed by atoms with Crippen molar-refractivity contribution in [2.24, 2.45) is 0 Å². The number of thiophene rings is 1. The second-order valence-electron chi connectivity index (χ2n) is 3.86. The van der Waals surface area contributed by atoms with Crippen molar-refractivity contribution in [1.29, 1.82) is 0 Å². The highest BCUT2D eigenvalue weighted by Gasteiger charge is 2.19. The lowest BCUT2D eigenvalue weighted by atomic mass is 10.1. The molecule has 3 rings (SSSR count). The van der Waals surface area contributed by atoms with Crippen LogP contribution in [0.3, 0.4) is 0 Å². The Morgan fingerprint density at radius 1 is 1.31 bits per heavy atom. The monoisotopic (exact) mass is 232 g/mol. The van der Waals surface area contributed by atoms with Crippen molar-refractivity contribution in [1.82, 2.24) is 0 Å². The molecule has 1 aliphatic rings. The number of benzene rings is 1. The summed E-state index contributed by atoms with van der Waals surface area (Å²) in [5.41, 5.74) is 2.47. The topological polar surface area (TPSA) is 18.5 Å². The summed E-state index contributed by atoms with van der Waals surface area (Å²) in [5.74, 6) is 1.77. The van der Waals surface area contributed by atoms with E-state index in [2.05, 4.69) is 19.1 Å². The van der Waals surface area contributed by atoms with Crippen LogP contribution in [-0.2, 0) is 6.61 Å². The summed E-state index contributed by atoms with van der Waals surface area (Å²) in [6.07, 6.45) is 0. The molecule has 2 heterocycles. The van der Waals surface area contributed by atoms with E-state index >= 15 is 0 Å². The maximum absolute atomic E-state index is 5.73. The molecule has 0 atom stereocenters. The fourth-order valence-corrected chi connectivity index (χ4v) is 3.04. The molecule has 16 heavy (non-hydrogen) atoms. The quantitative estimate of drug-likeness (QED) is 0.747. The summed E-state index contributed by atoms with van der Waals surface area (Å²) >= 11 is 1.83. The number of ether oxygens (including phenoxy) is 2. The maximum Gasteiger partial charge on any atom is 0.132 e. The molecule has 2 nitrogen and oxygen atoms in total. The highest BCUT2D eigenvalue weighted by molar-refractivity contribution is 7.15. The zero-order valence-electron chi connectivity index (χ0n) is 9.24. The molecular weight excluding hydrogens is 220 g/mol. The molecule has 3 heteroatoms. The zero-order chi connectivity index (χ0) is 11.1. The fourth-order valence-electron chi connectivity index (χ4n) is 1.99. The summed E-state index contributed by atoms with van der Waals surface area (Å²) in [6, 6.07) is 8.20. The highest BCUT2D eigenvalue weighted by atomic mass is 32.1. The summed E-state index contributed by atoms with van der Waals surface area (Å²) in [4.78, 5) is 2.67. The van der Waals surface area contributed by atoms with Gasteiger partial charge in [0.1, 0.15) is 18.1 Å². The zero-order valence-corrected chi connectivity index (χ0v) is 10.1. The van der Waals surface area contributed by atoms with E-state index in [0.717, 1.165) is 11.5 Å². The highest BCUT2D eigenvalue weighted by Crippen LogP contribution is 2.43. The minimum atomic E-state index is 0.667. The van der Waals surface area contributed by atoms with Crippen LogP contribution < -0.4 is 9.47 Å². The molecule has 0 saturated carbocycles. The van der Waals surface area contributed by atoms with Gasteiger partial charge in [-0.2, -0.15) is 0 Å². The Bertz CT molecular complexity index is 543. The number of aryl methyl sites for hydroxylation is 1. The van der Waals surface area contributed by atoms with E-state index in [4.69, 9.17) is 9.47 Å². The van der Waals surface area contributed by atoms with Gasteiger partial charge in [-0.15, -0.1) is 11.3 Å². The fraction of sp³-hybridized carbons (Fsp3) is 0.231. The van der Waals surface area contributed by atoms with Gasteiger partial charge in [-0.1, -0.05) is 0 Å². The van der Waals surface area contributed by atoms with Gasteiger partial charge in [-0.3, -0.25) is 0 Å². The molecule has 1 aromatic heterocycles. The van der Waals surface area contributed by atoms with Crippen LogP contribution in [0.4, 0.5) is 0 Å². The van der Waals surface area contributed by atoms with Crippen molar-refractivity contribution in [3.05, 3.63) is 34.7 Å². The van der Waals surface area contributed by atoms with E-state index < -0.39 is 0 Å². The van der Waals surface area contributed by atoms with Crippen molar-refractivity contribution in [2.75, 3.05) is 7.11 Å². The van der Waals surface area contributed by atoms with E-state index in [1.54, 1.807) is 7.11 Å². The minimum absolute atomic E-state index is 0.667. The summed E-state index contributed by atoms with van der Waals surface area (Å²) in [7, 11) is 1.67. The molecule has 0 saturated heterocycles. The molecule has 0 N–H and O–H groups in total. The molecular formula is C13H12O2S.